The van der Waals surface area contributed by atoms with Gasteiger partial charge in [0.1, 0.15) is 12.2 Å². The zero-order chi connectivity index (χ0) is 14.8. The Bertz CT molecular complexity index is 284. The third-order valence-electron chi connectivity index (χ3n) is 2.43. The van der Waals surface area contributed by atoms with Crippen LogP contribution in [0.5, 0.6) is 0 Å². The minimum atomic E-state index is -1.76. The lowest BCUT2D eigenvalue weighted by Crippen LogP contribution is -2.38. The van der Waals surface area contributed by atoms with Gasteiger partial charge in [-0.05, 0) is 12.8 Å². The smallest absolute Gasteiger partial charge is 0.306 e. The number of hydrogen-bond acceptors (Lipinski definition) is 8. The quantitative estimate of drug-likeness (QED) is 0.168. The molecule has 0 aromatic heterocycles. The van der Waals surface area contributed by atoms with Gasteiger partial charge in [0.25, 0.3) is 0 Å². The molecule has 0 aliphatic rings. The molecule has 19 heavy (non-hydrogen) atoms. The minimum Gasteiger partial charge on any atom is -0.458 e. The maximum atomic E-state index is 11.2. The molecule has 2 atom stereocenters. The van der Waals surface area contributed by atoms with Crippen molar-refractivity contribution < 1.29 is 29.6 Å². The fourth-order valence-electron chi connectivity index (χ4n) is 1.27. The average Bonchev–Trinajstić information content (AvgIpc) is 2.38. The van der Waals surface area contributed by atoms with Crippen molar-refractivity contribution in [2.45, 2.75) is 44.1 Å². The number of nitrogens with two attached hydrogens (primary N) is 2. The fourth-order valence-corrected chi connectivity index (χ4v) is 1.27. The Balaban J connectivity index is 3.75. The third-order valence-corrected chi connectivity index (χ3v) is 2.43. The van der Waals surface area contributed by atoms with Gasteiger partial charge in [0, 0.05) is 6.42 Å². The number of esters is 1. The number of ether oxygens (including phenoxy) is 1. The van der Waals surface area contributed by atoms with Crippen LogP contribution in [0, 0.1) is 0 Å². The molecule has 0 aliphatic carbocycles. The lowest BCUT2D eigenvalue weighted by atomic mass is 10.1. The summed E-state index contributed by atoms with van der Waals surface area (Å²) >= 11 is 0. The highest BCUT2D eigenvalue weighted by molar-refractivity contribution is 5.86. The van der Waals surface area contributed by atoms with Crippen LogP contribution in [0.15, 0.2) is 0 Å². The topological polar surface area (TPSA) is 156 Å². The van der Waals surface area contributed by atoms with Crippen LogP contribution in [0.1, 0.15) is 25.7 Å². The molecule has 0 heterocycles. The molecule has 0 amide bonds. The Kier molecular flexibility index (Phi) is 9.27. The summed E-state index contributed by atoms with van der Waals surface area (Å²) in [5.74, 6) is -1.44. The zero-order valence-electron chi connectivity index (χ0n) is 10.7. The van der Waals surface area contributed by atoms with Gasteiger partial charge in [0.15, 0.2) is 6.61 Å². The Morgan fingerprint density at radius 1 is 1.16 bits per heavy atom. The van der Waals surface area contributed by atoms with E-state index >= 15 is 0 Å². The molecule has 0 saturated heterocycles. The molecule has 0 radical (unpaired) electrons. The summed E-state index contributed by atoms with van der Waals surface area (Å²) in [5, 5.41) is 26.7. The zero-order valence-corrected chi connectivity index (χ0v) is 10.7. The first-order chi connectivity index (χ1) is 8.88. The van der Waals surface area contributed by atoms with Crippen molar-refractivity contribution in [1.82, 2.24) is 0 Å². The molecule has 0 spiro atoms. The van der Waals surface area contributed by atoms with Crippen molar-refractivity contribution in [2.75, 3.05) is 13.2 Å². The van der Waals surface area contributed by atoms with Crippen molar-refractivity contribution in [3.8, 4) is 0 Å². The molecule has 0 bridgehead atoms. The predicted molar refractivity (Wildman–Crippen MR) is 65.7 cm³/mol. The first kappa shape index (κ1) is 17.9. The predicted octanol–water partition coefficient (Wildman–Crippen LogP) is -2.38. The van der Waals surface area contributed by atoms with E-state index in [1.165, 1.54) is 0 Å². The Morgan fingerprint density at radius 3 is 2.32 bits per heavy atom. The maximum absolute atomic E-state index is 11.2. The minimum absolute atomic E-state index is 0.124. The maximum Gasteiger partial charge on any atom is 0.306 e. The lowest BCUT2D eigenvalue weighted by Gasteiger charge is -2.14. The van der Waals surface area contributed by atoms with Crippen molar-refractivity contribution >= 4 is 11.8 Å². The molecule has 8 nitrogen and oxygen atoms in total. The van der Waals surface area contributed by atoms with Crippen LogP contribution in [-0.2, 0) is 14.3 Å². The van der Waals surface area contributed by atoms with Gasteiger partial charge < -0.3 is 31.5 Å². The summed E-state index contributed by atoms with van der Waals surface area (Å²) in [6, 6.07) is 0. The highest BCUT2D eigenvalue weighted by Gasteiger charge is 2.24. The molecule has 0 aliphatic heterocycles. The first-order valence-corrected chi connectivity index (χ1v) is 6.05. The largest absolute Gasteiger partial charge is 0.458 e. The summed E-state index contributed by atoms with van der Waals surface area (Å²) in [6.07, 6.45) is -1.81. The van der Waals surface area contributed by atoms with Crippen molar-refractivity contribution in [1.29, 1.82) is 0 Å². The van der Waals surface area contributed by atoms with Crippen LogP contribution in [0.25, 0.3) is 0 Å². The standard InChI is InChI=1S/C11H22N2O6/c12-9(13)3-1-2-4-10(17)19-6-8(16)11(18)7(15)5-14/h7,9,11,14-15,18H,1-6,12-13H2/t7-,11-/m1/s1. The second-order valence-corrected chi connectivity index (χ2v) is 4.23. The lowest BCUT2D eigenvalue weighted by molar-refractivity contribution is -0.153. The van der Waals surface area contributed by atoms with Crippen LogP contribution < -0.4 is 11.5 Å². The van der Waals surface area contributed by atoms with Gasteiger partial charge in [-0.3, -0.25) is 9.59 Å². The number of hydrogen-bond donors (Lipinski definition) is 5. The number of rotatable bonds is 10. The van der Waals surface area contributed by atoms with E-state index in [-0.39, 0.29) is 6.42 Å². The van der Waals surface area contributed by atoms with Gasteiger partial charge in [-0.2, -0.15) is 0 Å². The number of aliphatic hydroxyl groups excluding tert-OH is 3. The number of unbranched alkanes of at least 4 members (excludes halogenated alkanes) is 1. The van der Waals surface area contributed by atoms with E-state index in [0.717, 1.165) is 0 Å². The summed E-state index contributed by atoms with van der Waals surface area (Å²) in [5.41, 5.74) is 10.7. The average molecular weight is 278 g/mol. The van der Waals surface area contributed by atoms with Crippen LogP contribution in [0.3, 0.4) is 0 Å². The van der Waals surface area contributed by atoms with Gasteiger partial charge in [-0.1, -0.05) is 6.42 Å². The monoisotopic (exact) mass is 278 g/mol. The highest BCUT2D eigenvalue weighted by Crippen LogP contribution is 2.02. The number of Topliss-reactive ketones (excluding diaryl/α,β-unsaturated/α-hetero) is 1. The fraction of sp³-hybridized carbons (Fsp3) is 0.818. The molecule has 0 aromatic carbocycles. The van der Waals surface area contributed by atoms with Crippen molar-refractivity contribution in [3.63, 3.8) is 0 Å². The van der Waals surface area contributed by atoms with Crippen LogP contribution in [0.4, 0.5) is 0 Å². The van der Waals surface area contributed by atoms with Crippen LogP contribution in [-0.4, -0.2) is 58.7 Å². The van der Waals surface area contributed by atoms with Gasteiger partial charge in [-0.25, -0.2) is 0 Å². The Hall–Kier alpha value is -1.06. The number of aliphatic hydroxyl groups is 3. The second kappa shape index (κ2) is 9.82. The second-order valence-electron chi connectivity index (χ2n) is 4.23. The summed E-state index contributed by atoms with van der Waals surface area (Å²) < 4.78 is 4.62. The van der Waals surface area contributed by atoms with E-state index in [9.17, 15) is 14.7 Å². The van der Waals surface area contributed by atoms with Crippen molar-refractivity contribution in [3.05, 3.63) is 0 Å². The van der Waals surface area contributed by atoms with Crippen LogP contribution in [0.2, 0.25) is 0 Å². The molecular weight excluding hydrogens is 256 g/mol. The summed E-state index contributed by atoms with van der Waals surface area (Å²) in [7, 11) is 0. The van der Waals surface area contributed by atoms with E-state index in [2.05, 4.69) is 4.74 Å². The third kappa shape index (κ3) is 8.62. The van der Waals surface area contributed by atoms with Crippen LogP contribution >= 0.6 is 0 Å². The molecule has 112 valence electrons. The van der Waals surface area contributed by atoms with E-state index in [1.54, 1.807) is 0 Å². The SMILES string of the molecule is NC(N)CCCCC(=O)OCC(=O)[C@H](O)[C@H](O)CO. The Morgan fingerprint density at radius 2 is 1.79 bits per heavy atom. The summed E-state index contributed by atoms with van der Waals surface area (Å²) in [4.78, 5) is 22.5. The van der Waals surface area contributed by atoms with Gasteiger partial charge in [0.2, 0.25) is 5.78 Å². The molecule has 0 unspecified atom stereocenters. The number of carbonyl (C=O) groups is 2. The van der Waals surface area contributed by atoms with E-state index in [0.29, 0.717) is 19.3 Å². The molecule has 0 aromatic rings. The van der Waals surface area contributed by atoms with Gasteiger partial charge in [-0.15, -0.1) is 0 Å². The molecule has 0 saturated carbocycles. The summed E-state index contributed by atoms with van der Waals surface area (Å²) in [6.45, 7) is -1.38. The molecule has 0 rings (SSSR count). The van der Waals surface area contributed by atoms with E-state index in [1.807, 2.05) is 0 Å². The first-order valence-electron chi connectivity index (χ1n) is 6.05. The Labute approximate surface area is 111 Å². The van der Waals surface area contributed by atoms with Gasteiger partial charge >= 0.3 is 5.97 Å². The van der Waals surface area contributed by atoms with E-state index in [4.69, 9.17) is 21.7 Å². The number of ketones is 1. The van der Waals surface area contributed by atoms with Gasteiger partial charge in [0.05, 0.1) is 12.8 Å². The highest BCUT2D eigenvalue weighted by atomic mass is 16.5. The molecule has 8 heteroatoms. The molecule has 7 N–H and O–H groups in total. The molecule has 0 fully saturated rings. The normalized spacial score (nSPS) is 14.2. The van der Waals surface area contributed by atoms with Crippen molar-refractivity contribution in [2.24, 2.45) is 11.5 Å². The number of carbonyl (C=O) groups excluding carboxylic acids is 2. The molecular formula is C11H22N2O6. The van der Waals surface area contributed by atoms with E-state index < -0.39 is 43.3 Å².